The average molecular weight is 600 g/mol. The molecule has 220 valence electrons. The van der Waals surface area contributed by atoms with Crippen molar-refractivity contribution in [2.24, 2.45) is 0 Å². The third-order valence-corrected chi connectivity index (χ3v) is 9.18. The number of benzene rings is 6. The van der Waals surface area contributed by atoms with Crippen LogP contribution in [0.25, 0.3) is 88.2 Å². The lowest BCUT2D eigenvalue weighted by atomic mass is 9.92. The zero-order valence-electron chi connectivity index (χ0n) is 25.9. The van der Waals surface area contributed by atoms with Gasteiger partial charge in [-0.25, -0.2) is 9.97 Å². The van der Waals surface area contributed by atoms with Crippen molar-refractivity contribution < 1.29 is 0 Å². The first-order chi connectivity index (χ1) is 23.2. The number of nitrogens with zero attached hydrogens (tertiary/aromatic N) is 3. The molecule has 9 rings (SSSR count). The van der Waals surface area contributed by atoms with Gasteiger partial charge in [0.15, 0.2) is 0 Å². The van der Waals surface area contributed by atoms with Crippen molar-refractivity contribution >= 4 is 43.4 Å². The van der Waals surface area contributed by atoms with E-state index in [0.717, 1.165) is 71.9 Å². The molecule has 6 aromatic carbocycles. The zero-order valence-corrected chi connectivity index (χ0v) is 25.9. The molecule has 3 heterocycles. The molecule has 3 aromatic heterocycles. The molecule has 47 heavy (non-hydrogen) atoms. The summed E-state index contributed by atoms with van der Waals surface area (Å²) in [4.78, 5) is 15.7. The Morgan fingerprint density at radius 3 is 1.62 bits per heavy atom. The maximum atomic E-state index is 5.38. The molecule has 0 saturated carbocycles. The maximum absolute atomic E-state index is 5.38. The van der Waals surface area contributed by atoms with Crippen LogP contribution in [0.2, 0.25) is 0 Å². The van der Waals surface area contributed by atoms with Gasteiger partial charge < -0.3 is 0 Å². The molecular weight excluding hydrogens is 571 g/mol. The van der Waals surface area contributed by atoms with E-state index in [0.29, 0.717) is 0 Å². The van der Waals surface area contributed by atoms with Gasteiger partial charge in [0, 0.05) is 39.0 Å². The van der Waals surface area contributed by atoms with Crippen molar-refractivity contribution in [2.75, 3.05) is 0 Å². The van der Waals surface area contributed by atoms with Gasteiger partial charge in [0.25, 0.3) is 0 Å². The van der Waals surface area contributed by atoms with E-state index in [1.54, 1.807) is 0 Å². The summed E-state index contributed by atoms with van der Waals surface area (Å²) < 4.78 is 0. The van der Waals surface area contributed by atoms with Gasteiger partial charge in [-0.3, -0.25) is 4.98 Å². The second-order valence-corrected chi connectivity index (χ2v) is 12.1. The van der Waals surface area contributed by atoms with Crippen LogP contribution in [0.3, 0.4) is 0 Å². The highest BCUT2D eigenvalue weighted by Crippen LogP contribution is 2.40. The number of hydrogen-bond acceptors (Lipinski definition) is 3. The monoisotopic (exact) mass is 599 g/mol. The number of fused-ring (bicyclic) bond motifs is 5. The molecule has 0 aliphatic rings. The fourth-order valence-corrected chi connectivity index (χ4v) is 6.83. The Labute approximate surface area is 272 Å². The Morgan fingerprint density at radius 2 is 0.936 bits per heavy atom. The lowest BCUT2D eigenvalue weighted by Gasteiger charge is -2.16. The van der Waals surface area contributed by atoms with Gasteiger partial charge in [0.05, 0.1) is 28.1 Å². The van der Waals surface area contributed by atoms with Gasteiger partial charge in [0.2, 0.25) is 0 Å². The van der Waals surface area contributed by atoms with Crippen LogP contribution in [0.15, 0.2) is 158 Å². The molecule has 9 aromatic rings. The Balaban J connectivity index is 1.39. The number of rotatable bonds is 4. The topological polar surface area (TPSA) is 38.7 Å². The molecule has 0 aliphatic carbocycles. The van der Waals surface area contributed by atoms with E-state index in [2.05, 4.69) is 146 Å². The summed E-state index contributed by atoms with van der Waals surface area (Å²) in [6.07, 6.45) is 1.96. The van der Waals surface area contributed by atoms with E-state index in [-0.39, 0.29) is 0 Å². The highest BCUT2D eigenvalue weighted by atomic mass is 14.8. The van der Waals surface area contributed by atoms with Crippen LogP contribution in [0, 0.1) is 6.92 Å². The van der Waals surface area contributed by atoms with E-state index in [4.69, 9.17) is 15.0 Å². The molecule has 3 nitrogen and oxygen atoms in total. The van der Waals surface area contributed by atoms with Gasteiger partial charge >= 0.3 is 0 Å². The highest BCUT2D eigenvalue weighted by molar-refractivity contribution is 6.14. The fourth-order valence-electron chi connectivity index (χ4n) is 6.83. The van der Waals surface area contributed by atoms with Gasteiger partial charge in [-0.05, 0) is 64.0 Å². The van der Waals surface area contributed by atoms with Gasteiger partial charge in [-0.2, -0.15) is 0 Å². The molecule has 0 spiro atoms. The predicted molar refractivity (Wildman–Crippen MR) is 196 cm³/mol. The zero-order chi connectivity index (χ0) is 31.3. The number of aromatic nitrogens is 3. The Morgan fingerprint density at radius 1 is 0.383 bits per heavy atom. The molecule has 0 unspecified atom stereocenters. The van der Waals surface area contributed by atoms with Crippen LogP contribution in [0.5, 0.6) is 0 Å². The minimum Gasteiger partial charge on any atom is -0.256 e. The molecular formula is C44H29N3. The van der Waals surface area contributed by atoms with Gasteiger partial charge in [0.1, 0.15) is 0 Å². The second-order valence-electron chi connectivity index (χ2n) is 12.1. The average Bonchev–Trinajstić information content (AvgIpc) is 3.14. The smallest absolute Gasteiger partial charge is 0.0979 e. The molecule has 0 N–H and O–H groups in total. The molecule has 0 fully saturated rings. The molecule has 0 amide bonds. The SMILES string of the molecule is Cc1cc(-c2cc(-c3ccccc3)nc3c2ccc2c(-c4cc5ccccc5cn4)cc(-c4ccccc4)nc23)cc2ccccc12. The molecule has 0 aliphatic heterocycles. The Bertz CT molecular complexity index is 2630. The molecule has 3 heteroatoms. The summed E-state index contributed by atoms with van der Waals surface area (Å²) in [5.74, 6) is 0. The minimum absolute atomic E-state index is 0.866. The van der Waals surface area contributed by atoms with Crippen molar-refractivity contribution in [2.45, 2.75) is 6.92 Å². The fraction of sp³-hybridized carbons (Fsp3) is 0.0227. The van der Waals surface area contributed by atoms with E-state index in [1.165, 1.54) is 21.9 Å². The Kier molecular flexibility index (Phi) is 6.36. The normalized spacial score (nSPS) is 11.5. The van der Waals surface area contributed by atoms with Crippen LogP contribution in [0.4, 0.5) is 0 Å². The third-order valence-electron chi connectivity index (χ3n) is 9.18. The van der Waals surface area contributed by atoms with E-state index in [1.807, 2.05) is 18.3 Å². The number of pyridine rings is 3. The first-order valence-electron chi connectivity index (χ1n) is 15.9. The standard InChI is InChI=1S/C44H29N3/c1-28-22-34(23-32-17-10-11-19-35(28)32)38-25-40(29-12-4-2-5-13-29)46-43-36(38)20-21-37-39(42-24-31-16-8-9-18-33(31)27-45-42)26-41(47-44(37)43)30-14-6-3-7-15-30/h2-27H,1H3. The summed E-state index contributed by atoms with van der Waals surface area (Å²) in [7, 11) is 0. The lowest BCUT2D eigenvalue weighted by molar-refractivity contribution is 1.34. The minimum atomic E-state index is 0.866. The summed E-state index contributed by atoms with van der Waals surface area (Å²) in [6, 6.07) is 53.4. The maximum Gasteiger partial charge on any atom is 0.0979 e. The lowest BCUT2D eigenvalue weighted by Crippen LogP contribution is -1.96. The summed E-state index contributed by atoms with van der Waals surface area (Å²) >= 11 is 0. The van der Waals surface area contributed by atoms with Crippen molar-refractivity contribution in [3.8, 4) is 44.9 Å². The van der Waals surface area contributed by atoms with Crippen LogP contribution < -0.4 is 0 Å². The summed E-state index contributed by atoms with van der Waals surface area (Å²) in [5.41, 5.74) is 11.2. The van der Waals surface area contributed by atoms with E-state index < -0.39 is 0 Å². The quantitative estimate of drug-likeness (QED) is 0.189. The molecule has 0 saturated heterocycles. The number of aryl methyl sites for hydroxylation is 1. The molecule has 0 bridgehead atoms. The van der Waals surface area contributed by atoms with E-state index >= 15 is 0 Å². The predicted octanol–water partition coefficient (Wildman–Crippen LogP) is 11.5. The van der Waals surface area contributed by atoms with Crippen LogP contribution in [0.1, 0.15) is 5.56 Å². The van der Waals surface area contributed by atoms with Crippen molar-refractivity contribution in [3.05, 3.63) is 163 Å². The Hall–Kier alpha value is -6.19. The second kappa shape index (κ2) is 11.0. The van der Waals surface area contributed by atoms with Crippen LogP contribution >= 0.6 is 0 Å². The third kappa shape index (κ3) is 4.72. The van der Waals surface area contributed by atoms with Gasteiger partial charge in [-0.1, -0.05) is 127 Å². The molecule has 0 atom stereocenters. The van der Waals surface area contributed by atoms with E-state index in [9.17, 15) is 0 Å². The first-order valence-corrected chi connectivity index (χ1v) is 15.9. The summed E-state index contributed by atoms with van der Waals surface area (Å²) in [6.45, 7) is 2.19. The molecule has 0 radical (unpaired) electrons. The van der Waals surface area contributed by atoms with Crippen LogP contribution in [-0.4, -0.2) is 15.0 Å². The van der Waals surface area contributed by atoms with Crippen molar-refractivity contribution in [1.29, 1.82) is 0 Å². The largest absolute Gasteiger partial charge is 0.256 e. The van der Waals surface area contributed by atoms with Gasteiger partial charge in [-0.15, -0.1) is 0 Å². The highest BCUT2D eigenvalue weighted by Gasteiger charge is 2.18. The number of hydrogen-bond donors (Lipinski definition) is 0. The first kappa shape index (κ1) is 27.1. The van der Waals surface area contributed by atoms with Crippen LogP contribution in [-0.2, 0) is 0 Å². The van der Waals surface area contributed by atoms with Crippen molar-refractivity contribution in [1.82, 2.24) is 15.0 Å². The summed E-state index contributed by atoms with van der Waals surface area (Å²) in [5, 5.41) is 6.87. The van der Waals surface area contributed by atoms with Crippen molar-refractivity contribution in [3.63, 3.8) is 0 Å².